The van der Waals surface area contributed by atoms with Gasteiger partial charge in [-0.05, 0) is 6.92 Å². The Labute approximate surface area is 174 Å². The van der Waals surface area contributed by atoms with Gasteiger partial charge in [0.1, 0.15) is 11.4 Å². The molecule has 1 aromatic heterocycles. The quantitative estimate of drug-likeness (QED) is 0.551. The molecule has 0 bridgehead atoms. The maximum absolute atomic E-state index is 14.8. The zero-order valence-corrected chi connectivity index (χ0v) is 17.0. The van der Waals surface area contributed by atoms with Crippen molar-refractivity contribution >= 4 is 21.7 Å². The maximum atomic E-state index is 14.8. The summed E-state index contributed by atoms with van der Waals surface area (Å²) in [6.07, 6.45) is -6.66. The van der Waals surface area contributed by atoms with Crippen molar-refractivity contribution in [2.24, 2.45) is 5.73 Å². The van der Waals surface area contributed by atoms with Gasteiger partial charge in [-0.2, -0.15) is 13.2 Å². The Kier molecular flexibility index (Phi) is 5.67. The average Bonchev–Trinajstić information content (AvgIpc) is 2.56. The van der Waals surface area contributed by atoms with Gasteiger partial charge in [0, 0.05) is 12.3 Å². The zero-order valence-electron chi connectivity index (χ0n) is 16.2. The number of nitrogens with one attached hydrogen (secondary N) is 1. The molecule has 1 aromatic rings. The van der Waals surface area contributed by atoms with E-state index in [1.807, 2.05) is 0 Å². The number of amides is 2. The minimum Gasteiger partial charge on any atom is -0.481 e. The lowest BCUT2D eigenvalue weighted by Crippen LogP contribution is -2.66. The summed E-state index contributed by atoms with van der Waals surface area (Å²) in [5, 5.41) is 2.35. The molecule has 2 aliphatic heterocycles. The number of carbonyl (C=O) groups excluding carboxylic acids is 2. The number of carbonyl (C=O) groups is 2. The molecule has 0 aliphatic carbocycles. The normalized spacial score (nSPS) is 21.8. The lowest BCUT2D eigenvalue weighted by atomic mass is 9.94. The fraction of sp³-hybridized carbons (Fsp3) is 0.588. The van der Waals surface area contributed by atoms with E-state index in [0.717, 1.165) is 12.3 Å². The number of pyridine rings is 1. The summed E-state index contributed by atoms with van der Waals surface area (Å²) in [6, 6.07) is 0.831. The van der Waals surface area contributed by atoms with Crippen LogP contribution in [0.4, 0.5) is 17.6 Å². The van der Waals surface area contributed by atoms with Gasteiger partial charge in [0.25, 0.3) is 5.91 Å². The van der Waals surface area contributed by atoms with Gasteiger partial charge in [-0.15, -0.1) is 0 Å². The van der Waals surface area contributed by atoms with Crippen molar-refractivity contribution in [2.45, 2.75) is 36.8 Å². The fourth-order valence-corrected chi connectivity index (χ4v) is 5.29. The minimum absolute atomic E-state index is 0.315. The molecule has 31 heavy (non-hydrogen) atoms. The summed E-state index contributed by atoms with van der Waals surface area (Å²) in [6.45, 7) is -0.125. The number of nitrogens with zero attached hydrogens (tertiary/aromatic N) is 1. The van der Waals surface area contributed by atoms with Crippen molar-refractivity contribution < 1.29 is 45.0 Å². The molecule has 9 nitrogen and oxygen atoms in total. The van der Waals surface area contributed by atoms with Gasteiger partial charge in [-0.25, -0.2) is 12.8 Å². The summed E-state index contributed by atoms with van der Waals surface area (Å²) in [4.78, 5) is 27.7. The third-order valence-electron chi connectivity index (χ3n) is 4.89. The highest BCUT2D eigenvalue weighted by Crippen LogP contribution is 2.40. The number of aromatic nitrogens is 1. The smallest absolute Gasteiger partial charge is 0.425 e. The molecule has 14 heteroatoms. The minimum atomic E-state index is -4.76. The molecule has 3 rings (SSSR count). The predicted octanol–water partition coefficient (Wildman–Crippen LogP) is 0.379. The van der Waals surface area contributed by atoms with Gasteiger partial charge in [-0.1, -0.05) is 0 Å². The van der Waals surface area contributed by atoms with E-state index in [9.17, 15) is 35.6 Å². The molecule has 1 unspecified atom stereocenters. The fourth-order valence-electron chi connectivity index (χ4n) is 3.35. The van der Waals surface area contributed by atoms with Gasteiger partial charge in [0.05, 0.1) is 42.2 Å². The van der Waals surface area contributed by atoms with Crippen molar-refractivity contribution in [3.05, 3.63) is 23.5 Å². The molecule has 0 spiro atoms. The zero-order chi connectivity index (χ0) is 23.2. The molecular formula is C17H19F4N3O6S. The highest BCUT2D eigenvalue weighted by atomic mass is 32.2. The summed E-state index contributed by atoms with van der Waals surface area (Å²) >= 11 is 0. The number of sulfone groups is 1. The van der Waals surface area contributed by atoms with Crippen molar-refractivity contribution in [1.82, 2.24) is 10.3 Å². The molecule has 2 saturated heterocycles. The number of halogens is 4. The van der Waals surface area contributed by atoms with Crippen LogP contribution in [0, 0.1) is 0 Å². The Morgan fingerprint density at radius 3 is 2.42 bits per heavy atom. The summed E-state index contributed by atoms with van der Waals surface area (Å²) < 4.78 is 86.4. The van der Waals surface area contributed by atoms with Crippen LogP contribution >= 0.6 is 0 Å². The van der Waals surface area contributed by atoms with Gasteiger partial charge in [0.15, 0.2) is 21.6 Å². The molecule has 2 amide bonds. The third-order valence-corrected chi connectivity index (χ3v) is 6.88. The predicted molar refractivity (Wildman–Crippen MR) is 96.6 cm³/mol. The number of hydrogen-bond acceptors (Lipinski definition) is 7. The van der Waals surface area contributed by atoms with Crippen LogP contribution in [0.25, 0.3) is 0 Å². The van der Waals surface area contributed by atoms with Crippen LogP contribution in [0.3, 0.4) is 0 Å². The maximum Gasteiger partial charge on any atom is 0.425 e. The van der Waals surface area contributed by atoms with Crippen molar-refractivity contribution in [3.8, 4) is 5.75 Å². The highest BCUT2D eigenvalue weighted by Gasteiger charge is 2.51. The highest BCUT2D eigenvalue weighted by molar-refractivity contribution is 7.93. The lowest BCUT2D eigenvalue weighted by molar-refractivity contribution is -0.190. The topological polar surface area (TPSA) is 138 Å². The molecule has 3 N–H and O–H groups in total. The van der Waals surface area contributed by atoms with Crippen LogP contribution in [0.15, 0.2) is 12.3 Å². The van der Waals surface area contributed by atoms with Crippen LogP contribution in [0.1, 0.15) is 29.4 Å². The molecule has 0 aromatic carbocycles. The van der Waals surface area contributed by atoms with E-state index in [4.69, 9.17) is 15.2 Å². The second-order valence-electron chi connectivity index (χ2n) is 7.74. The second kappa shape index (κ2) is 7.58. The molecule has 3 heterocycles. The van der Waals surface area contributed by atoms with Crippen LogP contribution in [-0.2, 0) is 25.0 Å². The molecule has 2 aliphatic rings. The first-order valence-electron chi connectivity index (χ1n) is 8.97. The number of ether oxygens (including phenoxy) is 2. The van der Waals surface area contributed by atoms with E-state index in [1.54, 1.807) is 0 Å². The number of primary amides is 1. The standard InChI is InChI=1S/C17H19F4N3O6S/c1-9(17(19,20)21)30-12-2-11(23-4-10(12)16(18)5-29-6-16)14(26)24-15(3-13(22)25)7-31(27,28)8-15/h2,4,9H,3,5-8H2,1H3,(H2,22,25)(H,24,26). The van der Waals surface area contributed by atoms with Gasteiger partial charge >= 0.3 is 6.18 Å². The largest absolute Gasteiger partial charge is 0.481 e. The van der Waals surface area contributed by atoms with Gasteiger partial charge in [-0.3, -0.25) is 14.6 Å². The Hall–Kier alpha value is -2.48. The Bertz CT molecular complexity index is 998. The van der Waals surface area contributed by atoms with E-state index in [0.29, 0.717) is 6.92 Å². The van der Waals surface area contributed by atoms with E-state index in [-0.39, 0.29) is 5.56 Å². The van der Waals surface area contributed by atoms with Crippen LogP contribution in [-0.4, -0.2) is 67.8 Å². The summed E-state index contributed by atoms with van der Waals surface area (Å²) in [5.41, 5.74) is 0.771. The Morgan fingerprint density at radius 2 is 1.97 bits per heavy atom. The number of nitrogens with two attached hydrogens (primary N) is 1. The molecule has 0 radical (unpaired) electrons. The summed E-state index contributed by atoms with van der Waals surface area (Å²) in [5.74, 6) is -3.46. The van der Waals surface area contributed by atoms with E-state index >= 15 is 0 Å². The second-order valence-corrected chi connectivity index (χ2v) is 9.80. The average molecular weight is 469 g/mol. The first kappa shape index (κ1) is 23.2. The van der Waals surface area contributed by atoms with Gasteiger partial charge < -0.3 is 20.5 Å². The molecule has 0 saturated carbocycles. The van der Waals surface area contributed by atoms with Crippen LogP contribution in [0.5, 0.6) is 5.75 Å². The van der Waals surface area contributed by atoms with E-state index < -0.39 is 87.7 Å². The number of hydrogen-bond donors (Lipinski definition) is 2. The van der Waals surface area contributed by atoms with Crippen molar-refractivity contribution in [1.29, 1.82) is 0 Å². The first-order valence-corrected chi connectivity index (χ1v) is 10.8. The molecule has 1 atom stereocenters. The number of rotatable bonds is 7. The van der Waals surface area contributed by atoms with E-state index in [2.05, 4.69) is 10.3 Å². The Morgan fingerprint density at radius 1 is 1.35 bits per heavy atom. The first-order chi connectivity index (χ1) is 14.1. The van der Waals surface area contributed by atoms with Crippen LogP contribution < -0.4 is 15.8 Å². The monoisotopic (exact) mass is 469 g/mol. The Balaban J connectivity index is 1.89. The lowest BCUT2D eigenvalue weighted by Gasteiger charge is -2.40. The SMILES string of the molecule is CC(Oc1cc(C(=O)NC2(CC(N)=O)CS(=O)(=O)C2)ncc1C1(F)COC1)C(F)(F)F. The van der Waals surface area contributed by atoms with Crippen molar-refractivity contribution in [2.75, 3.05) is 24.7 Å². The van der Waals surface area contributed by atoms with E-state index in [1.165, 1.54) is 0 Å². The molecule has 2 fully saturated rings. The molecular weight excluding hydrogens is 450 g/mol. The third kappa shape index (κ3) is 4.89. The van der Waals surface area contributed by atoms with Crippen LogP contribution in [0.2, 0.25) is 0 Å². The molecule has 172 valence electrons. The number of alkyl halides is 4. The van der Waals surface area contributed by atoms with Gasteiger partial charge in [0.2, 0.25) is 5.91 Å². The summed E-state index contributed by atoms with van der Waals surface area (Å²) in [7, 11) is -3.48. The van der Waals surface area contributed by atoms with Crippen molar-refractivity contribution in [3.63, 3.8) is 0 Å².